The van der Waals surface area contributed by atoms with Crippen molar-refractivity contribution in [3.63, 3.8) is 0 Å². The third-order valence-electron chi connectivity index (χ3n) is 4.39. The molecule has 0 radical (unpaired) electrons. The van der Waals surface area contributed by atoms with Crippen molar-refractivity contribution in [3.8, 4) is 5.75 Å². The summed E-state index contributed by atoms with van der Waals surface area (Å²) < 4.78 is 5.65. The molecule has 3 nitrogen and oxygen atoms in total. The van der Waals surface area contributed by atoms with Crippen molar-refractivity contribution in [2.45, 2.75) is 52.1 Å². The van der Waals surface area contributed by atoms with Crippen molar-refractivity contribution >= 4 is 0 Å². The lowest BCUT2D eigenvalue weighted by Gasteiger charge is -2.36. The van der Waals surface area contributed by atoms with E-state index in [9.17, 15) is 5.11 Å². The molecule has 0 amide bonds. The van der Waals surface area contributed by atoms with E-state index in [1.54, 1.807) is 0 Å². The van der Waals surface area contributed by atoms with Gasteiger partial charge in [-0.05, 0) is 70.6 Å². The van der Waals surface area contributed by atoms with Gasteiger partial charge in [0.25, 0.3) is 0 Å². The molecule has 1 N–H and O–H groups in total. The van der Waals surface area contributed by atoms with Gasteiger partial charge in [-0.1, -0.05) is 19.9 Å². The van der Waals surface area contributed by atoms with Crippen LogP contribution in [-0.4, -0.2) is 43.4 Å². The summed E-state index contributed by atoms with van der Waals surface area (Å²) in [4.78, 5) is 2.17. The largest absolute Gasteiger partial charge is 0.494 e. The maximum Gasteiger partial charge on any atom is 0.119 e. The van der Waals surface area contributed by atoms with Crippen molar-refractivity contribution < 1.29 is 9.84 Å². The average molecular weight is 293 g/mol. The second-order valence-electron chi connectivity index (χ2n) is 6.25. The van der Waals surface area contributed by atoms with Crippen LogP contribution in [0.25, 0.3) is 0 Å². The van der Waals surface area contributed by atoms with Crippen LogP contribution >= 0.6 is 0 Å². The Morgan fingerprint density at radius 3 is 2.43 bits per heavy atom. The normalized spacial score (nSPS) is 15.8. The van der Waals surface area contributed by atoms with Gasteiger partial charge in [0.2, 0.25) is 0 Å². The molecule has 0 fully saturated rings. The van der Waals surface area contributed by atoms with Gasteiger partial charge in [-0.3, -0.25) is 0 Å². The lowest BCUT2D eigenvalue weighted by atomic mass is 9.73. The molecule has 120 valence electrons. The molecule has 1 unspecified atom stereocenters. The van der Waals surface area contributed by atoms with Gasteiger partial charge in [0, 0.05) is 5.41 Å². The Hall–Kier alpha value is -1.06. The predicted molar refractivity (Wildman–Crippen MR) is 89.2 cm³/mol. The second kappa shape index (κ2) is 7.81. The quantitative estimate of drug-likeness (QED) is 0.798. The summed E-state index contributed by atoms with van der Waals surface area (Å²) in [6, 6.07) is 6.28. The first-order valence-corrected chi connectivity index (χ1v) is 7.94. The number of aryl methyl sites for hydroxylation is 1. The number of hydrogen-bond donors (Lipinski definition) is 1. The fraction of sp³-hybridized carbons (Fsp3) is 0.667. The molecule has 2 atom stereocenters. The van der Waals surface area contributed by atoms with E-state index in [1.807, 2.05) is 19.9 Å². The summed E-state index contributed by atoms with van der Waals surface area (Å²) in [5, 5.41) is 10.4. The zero-order chi connectivity index (χ0) is 16.0. The molecular formula is C18H31NO2. The number of benzene rings is 1. The highest BCUT2D eigenvalue weighted by atomic mass is 16.5. The number of aliphatic hydroxyl groups is 1. The van der Waals surface area contributed by atoms with E-state index in [0.29, 0.717) is 6.61 Å². The topological polar surface area (TPSA) is 32.7 Å². The van der Waals surface area contributed by atoms with Gasteiger partial charge in [0.1, 0.15) is 5.75 Å². The third kappa shape index (κ3) is 4.45. The Labute approximate surface area is 129 Å². The molecule has 0 heterocycles. The zero-order valence-corrected chi connectivity index (χ0v) is 14.4. The molecule has 3 heteroatoms. The van der Waals surface area contributed by atoms with Gasteiger partial charge >= 0.3 is 0 Å². The predicted octanol–water partition coefficient (Wildman–Crippen LogP) is 3.24. The molecular weight excluding hydrogens is 262 g/mol. The molecule has 21 heavy (non-hydrogen) atoms. The summed E-state index contributed by atoms with van der Waals surface area (Å²) in [6.07, 6.45) is 1.48. The van der Waals surface area contributed by atoms with Gasteiger partial charge in [-0.15, -0.1) is 0 Å². The maximum absolute atomic E-state index is 10.4. The van der Waals surface area contributed by atoms with E-state index < -0.39 is 6.10 Å². The van der Waals surface area contributed by atoms with Crippen LogP contribution in [0.4, 0.5) is 0 Å². The van der Waals surface area contributed by atoms with Crippen LogP contribution in [0.3, 0.4) is 0 Å². The van der Waals surface area contributed by atoms with Gasteiger partial charge < -0.3 is 14.7 Å². The monoisotopic (exact) mass is 293 g/mol. The molecule has 0 saturated heterocycles. The van der Waals surface area contributed by atoms with Crippen LogP contribution in [0, 0.1) is 0 Å². The summed E-state index contributed by atoms with van der Waals surface area (Å²) in [5.74, 6) is 0.890. The van der Waals surface area contributed by atoms with Crippen molar-refractivity contribution in [1.82, 2.24) is 4.90 Å². The van der Waals surface area contributed by atoms with Gasteiger partial charge in [-0.2, -0.15) is 0 Å². The summed E-state index contributed by atoms with van der Waals surface area (Å²) in [7, 11) is 4.14. The Morgan fingerprint density at radius 1 is 1.29 bits per heavy atom. The summed E-state index contributed by atoms with van der Waals surface area (Å²) >= 11 is 0. The SMILES string of the molecule is CCOc1ccc(CC)c([C@](C)(CCN(C)C)C(C)O)c1. The molecule has 0 aliphatic rings. The highest BCUT2D eigenvalue weighted by Gasteiger charge is 2.34. The minimum atomic E-state index is -0.403. The molecule has 1 aromatic carbocycles. The Morgan fingerprint density at radius 2 is 1.95 bits per heavy atom. The average Bonchev–Trinajstić information content (AvgIpc) is 2.44. The van der Waals surface area contributed by atoms with Crippen LogP contribution in [-0.2, 0) is 11.8 Å². The molecule has 0 bridgehead atoms. The number of aliphatic hydroxyl groups excluding tert-OH is 1. The van der Waals surface area contributed by atoms with Gasteiger partial charge in [0.05, 0.1) is 12.7 Å². The van der Waals surface area contributed by atoms with Crippen molar-refractivity contribution in [3.05, 3.63) is 29.3 Å². The first kappa shape index (κ1) is 18.0. The van der Waals surface area contributed by atoms with E-state index in [2.05, 4.69) is 45.0 Å². The van der Waals surface area contributed by atoms with E-state index in [-0.39, 0.29) is 5.41 Å². The van der Waals surface area contributed by atoms with Crippen LogP contribution < -0.4 is 4.74 Å². The molecule has 0 aliphatic carbocycles. The Kier molecular flexibility index (Phi) is 6.69. The number of nitrogens with zero attached hydrogens (tertiary/aromatic N) is 1. The minimum absolute atomic E-state index is 0.261. The fourth-order valence-electron chi connectivity index (χ4n) is 2.68. The molecule has 0 aliphatic heterocycles. The van der Waals surface area contributed by atoms with Crippen molar-refractivity contribution in [1.29, 1.82) is 0 Å². The number of rotatable bonds is 8. The first-order valence-electron chi connectivity index (χ1n) is 7.94. The van der Waals surface area contributed by atoms with Crippen LogP contribution in [0.1, 0.15) is 45.2 Å². The second-order valence-corrected chi connectivity index (χ2v) is 6.25. The van der Waals surface area contributed by atoms with E-state index in [4.69, 9.17) is 4.74 Å². The van der Waals surface area contributed by atoms with Crippen LogP contribution in [0.2, 0.25) is 0 Å². The lowest BCUT2D eigenvalue weighted by Crippen LogP contribution is -2.38. The van der Waals surface area contributed by atoms with Gasteiger partial charge in [0.15, 0.2) is 0 Å². The van der Waals surface area contributed by atoms with E-state index >= 15 is 0 Å². The summed E-state index contributed by atoms with van der Waals surface area (Å²) in [5.41, 5.74) is 2.25. The van der Waals surface area contributed by atoms with Crippen molar-refractivity contribution in [2.24, 2.45) is 0 Å². The molecule has 1 aromatic rings. The number of ether oxygens (including phenoxy) is 1. The maximum atomic E-state index is 10.4. The highest BCUT2D eigenvalue weighted by Crippen LogP contribution is 2.36. The Balaban J connectivity index is 3.24. The standard InChI is InChI=1S/C18H31NO2/c1-7-15-9-10-16(21-8-2)13-17(15)18(4,14(3)20)11-12-19(5)6/h9-10,13-14,20H,7-8,11-12H2,1-6H3/t14?,18-/m1/s1. The smallest absolute Gasteiger partial charge is 0.119 e. The van der Waals surface area contributed by atoms with Gasteiger partial charge in [-0.25, -0.2) is 0 Å². The number of hydrogen-bond acceptors (Lipinski definition) is 3. The van der Waals surface area contributed by atoms with Crippen molar-refractivity contribution in [2.75, 3.05) is 27.2 Å². The van der Waals surface area contributed by atoms with E-state index in [1.165, 1.54) is 11.1 Å². The zero-order valence-electron chi connectivity index (χ0n) is 14.4. The minimum Gasteiger partial charge on any atom is -0.494 e. The molecule has 1 rings (SSSR count). The molecule has 0 spiro atoms. The van der Waals surface area contributed by atoms with Crippen LogP contribution in [0.15, 0.2) is 18.2 Å². The third-order valence-corrected chi connectivity index (χ3v) is 4.39. The lowest BCUT2D eigenvalue weighted by molar-refractivity contribution is 0.0945. The Bertz CT molecular complexity index is 443. The highest BCUT2D eigenvalue weighted by molar-refractivity contribution is 5.41. The fourth-order valence-corrected chi connectivity index (χ4v) is 2.68. The van der Waals surface area contributed by atoms with E-state index in [0.717, 1.165) is 25.1 Å². The molecule has 0 saturated carbocycles. The molecule has 0 aromatic heterocycles. The first-order chi connectivity index (χ1) is 9.85. The summed E-state index contributed by atoms with van der Waals surface area (Å²) in [6.45, 7) is 9.81. The van der Waals surface area contributed by atoms with Crippen LogP contribution in [0.5, 0.6) is 5.75 Å².